The van der Waals surface area contributed by atoms with Gasteiger partial charge in [-0.3, -0.25) is 9.69 Å². The maximum Gasteiger partial charge on any atom is 0.320 e. The van der Waals surface area contributed by atoms with Gasteiger partial charge in [0, 0.05) is 50.5 Å². The Kier molecular flexibility index (Phi) is 6.84. The molecule has 7 heteroatoms. The van der Waals surface area contributed by atoms with Crippen molar-refractivity contribution < 1.29 is 14.3 Å². The Labute approximate surface area is 183 Å². The summed E-state index contributed by atoms with van der Waals surface area (Å²) in [6.07, 6.45) is 0. The summed E-state index contributed by atoms with van der Waals surface area (Å²) in [7, 11) is 0. The Bertz CT molecular complexity index is 891. The number of hydrogen-bond donors (Lipinski definition) is 1. The van der Waals surface area contributed by atoms with Crippen LogP contribution in [-0.4, -0.2) is 85.2 Å². The molecular weight excluding hydrogens is 392 g/mol. The number of carbonyl (C=O) groups is 2. The molecule has 3 amide bonds. The number of amides is 3. The monoisotopic (exact) mass is 422 g/mol. The molecule has 31 heavy (non-hydrogen) atoms. The normalized spacial score (nSPS) is 18.5. The van der Waals surface area contributed by atoms with E-state index in [1.807, 2.05) is 71.3 Å². The van der Waals surface area contributed by atoms with Crippen LogP contribution in [0.15, 0.2) is 54.6 Å². The van der Waals surface area contributed by atoms with E-state index in [1.54, 1.807) is 0 Å². The predicted octanol–water partition coefficient (Wildman–Crippen LogP) is 2.75. The molecule has 2 fully saturated rings. The Balaban J connectivity index is 1.34. The first-order valence-electron chi connectivity index (χ1n) is 10.9. The molecule has 2 aliphatic heterocycles. The van der Waals surface area contributed by atoms with Gasteiger partial charge in [-0.05, 0) is 18.6 Å². The lowest BCUT2D eigenvalue weighted by molar-refractivity contribution is -0.121. The quantitative estimate of drug-likeness (QED) is 0.823. The SMILES string of the molecule is CC(C(=O)Nc1ccccc1-c1ccccc1)N1CCN(C(=O)N2CCOCC2)CC1. The molecule has 0 saturated carbocycles. The van der Waals surface area contributed by atoms with Gasteiger partial charge in [0.25, 0.3) is 0 Å². The second-order valence-corrected chi connectivity index (χ2v) is 7.98. The highest BCUT2D eigenvalue weighted by Gasteiger charge is 2.30. The zero-order chi connectivity index (χ0) is 21.6. The molecule has 2 heterocycles. The van der Waals surface area contributed by atoms with Crippen LogP contribution in [0.3, 0.4) is 0 Å². The average Bonchev–Trinajstić information content (AvgIpc) is 2.84. The smallest absolute Gasteiger partial charge is 0.320 e. The average molecular weight is 423 g/mol. The van der Waals surface area contributed by atoms with Crippen LogP contribution in [0.5, 0.6) is 0 Å². The molecule has 164 valence electrons. The number of carbonyl (C=O) groups excluding carboxylic acids is 2. The third kappa shape index (κ3) is 5.06. The maximum absolute atomic E-state index is 13.0. The van der Waals surface area contributed by atoms with Crippen LogP contribution >= 0.6 is 0 Å². The molecule has 0 aliphatic carbocycles. The van der Waals surface area contributed by atoms with Crippen molar-refractivity contribution in [1.29, 1.82) is 0 Å². The first-order chi connectivity index (χ1) is 15.1. The van der Waals surface area contributed by atoms with Crippen molar-refractivity contribution in [2.75, 3.05) is 57.8 Å². The van der Waals surface area contributed by atoms with Gasteiger partial charge in [0.05, 0.1) is 19.3 Å². The largest absolute Gasteiger partial charge is 0.378 e. The number of piperazine rings is 1. The van der Waals surface area contributed by atoms with Gasteiger partial charge in [-0.25, -0.2) is 4.79 Å². The minimum absolute atomic E-state index is 0.0312. The standard InChI is InChI=1S/C24H30N4O3/c1-19(26-11-13-27(14-12-26)24(30)28-15-17-31-18-16-28)23(29)25-22-10-6-5-9-21(22)20-7-3-2-4-8-20/h2-10,19H,11-18H2,1H3,(H,25,29). The molecular formula is C24H30N4O3. The van der Waals surface area contributed by atoms with Crippen LogP contribution in [0, 0.1) is 0 Å². The molecule has 0 aromatic heterocycles. The highest BCUT2D eigenvalue weighted by Crippen LogP contribution is 2.27. The van der Waals surface area contributed by atoms with E-state index < -0.39 is 0 Å². The van der Waals surface area contributed by atoms with Crippen molar-refractivity contribution in [1.82, 2.24) is 14.7 Å². The molecule has 4 rings (SSSR count). The van der Waals surface area contributed by atoms with Crippen molar-refractivity contribution in [2.45, 2.75) is 13.0 Å². The van der Waals surface area contributed by atoms with E-state index in [-0.39, 0.29) is 18.0 Å². The lowest BCUT2D eigenvalue weighted by Gasteiger charge is -2.40. The predicted molar refractivity (Wildman–Crippen MR) is 121 cm³/mol. The van der Waals surface area contributed by atoms with Crippen molar-refractivity contribution in [3.05, 3.63) is 54.6 Å². The number of nitrogens with one attached hydrogen (secondary N) is 1. The van der Waals surface area contributed by atoms with E-state index in [0.717, 1.165) is 16.8 Å². The molecule has 2 aliphatic rings. The molecule has 0 spiro atoms. The first kappa shape index (κ1) is 21.3. The number of morpholine rings is 1. The van der Waals surface area contributed by atoms with Gasteiger partial charge in [0.1, 0.15) is 0 Å². The molecule has 0 radical (unpaired) electrons. The number of benzene rings is 2. The summed E-state index contributed by atoms with van der Waals surface area (Å²) >= 11 is 0. The number of hydrogen-bond acceptors (Lipinski definition) is 4. The highest BCUT2D eigenvalue weighted by molar-refractivity contribution is 5.98. The van der Waals surface area contributed by atoms with Gasteiger partial charge in [0.15, 0.2) is 0 Å². The van der Waals surface area contributed by atoms with Crippen molar-refractivity contribution >= 4 is 17.6 Å². The van der Waals surface area contributed by atoms with Crippen molar-refractivity contribution in [2.24, 2.45) is 0 Å². The molecule has 2 aromatic carbocycles. The second-order valence-electron chi connectivity index (χ2n) is 7.98. The van der Waals surface area contributed by atoms with Crippen molar-refractivity contribution in [3.8, 4) is 11.1 Å². The topological polar surface area (TPSA) is 65.1 Å². The molecule has 0 bridgehead atoms. The molecule has 7 nitrogen and oxygen atoms in total. The Morgan fingerprint density at radius 2 is 1.45 bits per heavy atom. The highest BCUT2D eigenvalue weighted by atomic mass is 16.5. The van der Waals surface area contributed by atoms with E-state index in [2.05, 4.69) is 10.2 Å². The van der Waals surface area contributed by atoms with E-state index in [0.29, 0.717) is 52.5 Å². The minimum atomic E-state index is -0.274. The summed E-state index contributed by atoms with van der Waals surface area (Å²) in [5, 5.41) is 3.11. The third-order valence-corrected chi connectivity index (χ3v) is 6.06. The van der Waals surface area contributed by atoms with E-state index in [1.165, 1.54) is 0 Å². The lowest BCUT2D eigenvalue weighted by Crippen LogP contribution is -2.57. The van der Waals surface area contributed by atoms with Crippen LogP contribution in [0.1, 0.15) is 6.92 Å². The number of para-hydroxylation sites is 1. The fraction of sp³-hybridized carbons (Fsp3) is 0.417. The van der Waals surface area contributed by atoms with Gasteiger partial charge < -0.3 is 19.9 Å². The van der Waals surface area contributed by atoms with Crippen LogP contribution in [0.2, 0.25) is 0 Å². The van der Waals surface area contributed by atoms with Gasteiger partial charge in [0.2, 0.25) is 5.91 Å². The van der Waals surface area contributed by atoms with Gasteiger partial charge in [-0.15, -0.1) is 0 Å². The number of urea groups is 1. The fourth-order valence-electron chi connectivity index (χ4n) is 4.12. The summed E-state index contributed by atoms with van der Waals surface area (Å²) in [5.74, 6) is -0.0312. The van der Waals surface area contributed by atoms with Crippen LogP contribution in [-0.2, 0) is 9.53 Å². The summed E-state index contributed by atoms with van der Waals surface area (Å²) in [5.41, 5.74) is 2.89. The Hall–Kier alpha value is -2.90. The number of anilines is 1. The zero-order valence-electron chi connectivity index (χ0n) is 18.0. The minimum Gasteiger partial charge on any atom is -0.378 e. The van der Waals surface area contributed by atoms with Gasteiger partial charge in [-0.1, -0.05) is 48.5 Å². The zero-order valence-corrected chi connectivity index (χ0v) is 18.0. The third-order valence-electron chi connectivity index (χ3n) is 6.06. The number of rotatable bonds is 4. The number of ether oxygens (including phenoxy) is 1. The summed E-state index contributed by atoms with van der Waals surface area (Å²) in [6, 6.07) is 17.7. The van der Waals surface area contributed by atoms with Crippen LogP contribution in [0.4, 0.5) is 10.5 Å². The Morgan fingerprint density at radius 3 is 2.16 bits per heavy atom. The molecule has 1 atom stereocenters. The maximum atomic E-state index is 13.0. The second kappa shape index (κ2) is 9.94. The van der Waals surface area contributed by atoms with Crippen LogP contribution in [0.25, 0.3) is 11.1 Å². The molecule has 2 aromatic rings. The first-order valence-corrected chi connectivity index (χ1v) is 10.9. The summed E-state index contributed by atoms with van der Waals surface area (Å²) in [6.45, 7) is 7.08. The van der Waals surface area contributed by atoms with Crippen molar-refractivity contribution in [3.63, 3.8) is 0 Å². The molecule has 1 unspecified atom stereocenters. The van der Waals surface area contributed by atoms with E-state index in [4.69, 9.17) is 4.74 Å². The molecule has 2 saturated heterocycles. The number of nitrogens with zero attached hydrogens (tertiary/aromatic N) is 3. The van der Waals surface area contributed by atoms with E-state index >= 15 is 0 Å². The van der Waals surface area contributed by atoms with Gasteiger partial charge >= 0.3 is 6.03 Å². The fourth-order valence-corrected chi connectivity index (χ4v) is 4.12. The summed E-state index contributed by atoms with van der Waals surface area (Å²) in [4.78, 5) is 31.6. The van der Waals surface area contributed by atoms with Crippen LogP contribution < -0.4 is 5.32 Å². The molecule has 1 N–H and O–H groups in total. The Morgan fingerprint density at radius 1 is 0.839 bits per heavy atom. The van der Waals surface area contributed by atoms with E-state index in [9.17, 15) is 9.59 Å². The lowest BCUT2D eigenvalue weighted by atomic mass is 10.0. The van der Waals surface area contributed by atoms with Gasteiger partial charge in [-0.2, -0.15) is 0 Å². The summed E-state index contributed by atoms with van der Waals surface area (Å²) < 4.78 is 5.33.